The molecule has 0 aliphatic carbocycles. The Balaban J connectivity index is 0.00000164. The molecule has 0 spiro atoms. The molecule has 1 fully saturated rings. The molecule has 1 saturated heterocycles. The quantitative estimate of drug-likeness (QED) is 0.292. The predicted octanol–water partition coefficient (Wildman–Crippen LogP) is 4.79. The Morgan fingerprint density at radius 1 is 1.21 bits per heavy atom. The molecule has 1 aliphatic heterocycles. The third kappa shape index (κ3) is 5.38. The van der Waals surface area contributed by atoms with Crippen LogP contribution in [0.15, 0.2) is 35.6 Å². The minimum atomic E-state index is -2.98. The summed E-state index contributed by atoms with van der Waals surface area (Å²) in [6.45, 7) is 7.77. The molecule has 0 unspecified atom stereocenters. The van der Waals surface area contributed by atoms with Gasteiger partial charge in [-0.25, -0.2) is 13.4 Å². The highest BCUT2D eigenvalue weighted by Gasteiger charge is 2.29. The molecule has 4 aromatic heterocycles. The van der Waals surface area contributed by atoms with Crippen molar-refractivity contribution < 1.29 is 8.42 Å². The second kappa shape index (κ2) is 11.7. The van der Waals surface area contributed by atoms with Gasteiger partial charge < -0.3 is 0 Å². The second-order valence-electron chi connectivity index (χ2n) is 8.87. The van der Waals surface area contributed by atoms with E-state index in [0.29, 0.717) is 30.6 Å². The van der Waals surface area contributed by atoms with Crippen LogP contribution in [-0.2, 0) is 9.84 Å². The van der Waals surface area contributed by atoms with Gasteiger partial charge in [0.25, 0.3) is 0 Å². The van der Waals surface area contributed by atoms with Crippen LogP contribution in [0.1, 0.15) is 63.0 Å². The zero-order chi connectivity index (χ0) is 27.3. The van der Waals surface area contributed by atoms with Crippen molar-refractivity contribution in [2.24, 2.45) is 4.99 Å². The smallest absolute Gasteiger partial charge is 0.186 e. The van der Waals surface area contributed by atoms with Crippen molar-refractivity contribution in [1.82, 2.24) is 29.8 Å². The van der Waals surface area contributed by atoms with Crippen molar-refractivity contribution >= 4 is 38.3 Å². The number of sulfone groups is 1. The molecule has 0 aromatic carbocycles. The summed E-state index contributed by atoms with van der Waals surface area (Å²) >= 11 is 0. The maximum Gasteiger partial charge on any atom is 0.186 e. The minimum Gasteiger partial charge on any atom is -0.296 e. The average molecular weight is 532 g/mol. The zero-order valence-corrected chi connectivity index (χ0v) is 23.3. The highest BCUT2D eigenvalue weighted by atomic mass is 32.2. The molecule has 9 nitrogen and oxygen atoms in total. The van der Waals surface area contributed by atoms with Gasteiger partial charge in [-0.1, -0.05) is 31.9 Å². The Morgan fingerprint density at radius 3 is 2.63 bits per heavy atom. The van der Waals surface area contributed by atoms with E-state index in [4.69, 9.17) is 4.98 Å². The fourth-order valence-corrected chi connectivity index (χ4v) is 6.15. The van der Waals surface area contributed by atoms with Crippen molar-refractivity contribution in [2.75, 3.05) is 18.6 Å². The Hall–Kier alpha value is -3.84. The molecular weight excluding hydrogens is 498 g/mol. The van der Waals surface area contributed by atoms with Gasteiger partial charge >= 0.3 is 0 Å². The Labute approximate surface area is 223 Å². The van der Waals surface area contributed by atoms with Gasteiger partial charge in [0.1, 0.15) is 9.84 Å². The molecule has 0 saturated carbocycles. The number of fused-ring (bicyclic) bond motifs is 3. The summed E-state index contributed by atoms with van der Waals surface area (Å²) < 4.78 is 25.8. The van der Waals surface area contributed by atoms with Crippen LogP contribution in [0.4, 0.5) is 0 Å². The number of hydrogen-bond donors (Lipinski definition) is 1. The van der Waals surface area contributed by atoms with Crippen LogP contribution in [0, 0.1) is 18.8 Å². The Bertz CT molecular complexity index is 1650. The number of hydrogen-bond acceptors (Lipinski definition) is 7. The van der Waals surface area contributed by atoms with E-state index in [9.17, 15) is 8.42 Å². The number of aryl methyl sites for hydroxylation is 1. The van der Waals surface area contributed by atoms with Gasteiger partial charge in [-0.15, -0.1) is 5.92 Å². The number of aliphatic imine (C=N–C) groups is 1. The number of aromatic nitrogens is 6. The normalized spacial score (nSPS) is 15.9. The largest absolute Gasteiger partial charge is 0.296 e. The van der Waals surface area contributed by atoms with Gasteiger partial charge in [0.15, 0.2) is 11.3 Å². The fraction of sp³-hybridized carbons (Fsp3) is 0.393. The topological polar surface area (TPSA) is 118 Å². The summed E-state index contributed by atoms with van der Waals surface area (Å²) in [5.74, 6) is 6.34. The van der Waals surface area contributed by atoms with Crippen LogP contribution in [0.3, 0.4) is 0 Å². The van der Waals surface area contributed by atoms with Gasteiger partial charge in [-0.2, -0.15) is 14.7 Å². The van der Waals surface area contributed by atoms with Crippen molar-refractivity contribution in [3.8, 4) is 23.0 Å². The van der Waals surface area contributed by atoms with E-state index in [1.807, 2.05) is 52.1 Å². The lowest BCUT2D eigenvalue weighted by atomic mass is 9.95. The molecule has 0 atom stereocenters. The van der Waals surface area contributed by atoms with Crippen LogP contribution < -0.4 is 0 Å². The first-order chi connectivity index (χ1) is 18.4. The number of rotatable bonds is 5. The van der Waals surface area contributed by atoms with Crippen LogP contribution in [-0.4, -0.2) is 63.0 Å². The van der Waals surface area contributed by atoms with Gasteiger partial charge in [0.2, 0.25) is 0 Å². The molecule has 5 rings (SSSR count). The Morgan fingerprint density at radius 2 is 1.97 bits per heavy atom. The van der Waals surface area contributed by atoms with Crippen molar-refractivity contribution in [3.63, 3.8) is 0 Å². The average Bonchev–Trinajstić information content (AvgIpc) is 3.53. The molecule has 4 aromatic rings. The van der Waals surface area contributed by atoms with E-state index in [1.165, 1.54) is 0 Å². The number of H-pyrrole nitrogens is 1. The molecule has 0 amide bonds. The van der Waals surface area contributed by atoms with Gasteiger partial charge in [0, 0.05) is 54.2 Å². The third-order valence-corrected chi connectivity index (χ3v) is 8.25. The zero-order valence-electron chi connectivity index (χ0n) is 22.5. The first kappa shape index (κ1) is 27.2. The molecule has 1 aliphatic rings. The molecule has 10 heteroatoms. The van der Waals surface area contributed by atoms with E-state index < -0.39 is 9.84 Å². The first-order valence-electron chi connectivity index (χ1n) is 12.8. The summed E-state index contributed by atoms with van der Waals surface area (Å²) in [7, 11) is -1.25. The van der Waals surface area contributed by atoms with Crippen molar-refractivity contribution in [3.05, 3.63) is 47.7 Å². The lowest BCUT2D eigenvalue weighted by Crippen LogP contribution is -2.23. The van der Waals surface area contributed by atoms with E-state index in [2.05, 4.69) is 37.1 Å². The Kier molecular flexibility index (Phi) is 8.37. The summed E-state index contributed by atoms with van der Waals surface area (Å²) in [6.07, 6.45) is 9.12. The number of nitrogens with zero attached hydrogens (tertiary/aromatic N) is 6. The van der Waals surface area contributed by atoms with Crippen LogP contribution in [0.5, 0.6) is 0 Å². The molecule has 0 radical (unpaired) electrons. The van der Waals surface area contributed by atoms with Crippen molar-refractivity contribution in [2.45, 2.75) is 52.9 Å². The van der Waals surface area contributed by atoms with Crippen LogP contribution in [0.2, 0.25) is 0 Å². The molecular formula is C28H33N7O2S. The predicted molar refractivity (Wildman–Crippen MR) is 153 cm³/mol. The SMILES string of the molecule is CC.CC#CC/C=C(\C=NC)c1ccc(-c2cnn3c2nc(C2CCS(=O)(=O)CC2)c2c(C)[nH]nc23)cn1. The number of aromatic amines is 1. The lowest BCUT2D eigenvalue weighted by molar-refractivity contribution is 0.546. The first-order valence-corrected chi connectivity index (χ1v) is 14.7. The van der Waals surface area contributed by atoms with Crippen molar-refractivity contribution in [1.29, 1.82) is 0 Å². The summed E-state index contributed by atoms with van der Waals surface area (Å²) in [5, 5.41) is 13.1. The molecule has 0 bridgehead atoms. The van der Waals surface area contributed by atoms with Gasteiger partial charge in [0.05, 0.1) is 34.5 Å². The van der Waals surface area contributed by atoms with E-state index in [0.717, 1.165) is 39.2 Å². The monoisotopic (exact) mass is 531 g/mol. The fourth-order valence-electron chi connectivity index (χ4n) is 4.66. The second-order valence-corrected chi connectivity index (χ2v) is 11.2. The summed E-state index contributed by atoms with van der Waals surface area (Å²) in [4.78, 5) is 13.9. The molecule has 198 valence electrons. The minimum absolute atomic E-state index is 0.0489. The van der Waals surface area contributed by atoms with Gasteiger partial charge in [-0.05, 0) is 32.8 Å². The van der Waals surface area contributed by atoms with Crippen LogP contribution in [0.25, 0.3) is 33.4 Å². The lowest BCUT2D eigenvalue weighted by Gasteiger charge is -2.22. The maximum atomic E-state index is 12.0. The third-order valence-electron chi connectivity index (χ3n) is 6.54. The number of nitrogens with one attached hydrogen (secondary N) is 1. The molecule has 1 N–H and O–H groups in total. The molecule has 38 heavy (non-hydrogen) atoms. The van der Waals surface area contributed by atoms with Crippen LogP contribution >= 0.6 is 0 Å². The maximum absolute atomic E-state index is 12.0. The number of pyridine rings is 1. The number of allylic oxidation sites excluding steroid dienone is 2. The highest BCUT2D eigenvalue weighted by molar-refractivity contribution is 7.91. The highest BCUT2D eigenvalue weighted by Crippen LogP contribution is 2.35. The van der Waals surface area contributed by atoms with E-state index >= 15 is 0 Å². The van der Waals surface area contributed by atoms with E-state index in [1.54, 1.807) is 24.0 Å². The van der Waals surface area contributed by atoms with E-state index in [-0.39, 0.29) is 17.4 Å². The van der Waals surface area contributed by atoms with Gasteiger partial charge in [-0.3, -0.25) is 15.1 Å². The molecule has 5 heterocycles. The standard InChI is InChI=1S/C26H27N7O2S.C2H6/c1-4-5-6-7-20(14-27-3)22-9-8-19(15-28-22)21-16-29-33-25(21)30-24(23-17(2)31-32-26(23)33)18-10-12-36(34,35)13-11-18;1-2/h7-9,14-16,18H,6,10-13H2,1-3H3,(H,31,32);1-2H3/b20-7+,27-14?;. The summed E-state index contributed by atoms with van der Waals surface area (Å²) in [6, 6.07) is 3.95. The summed E-state index contributed by atoms with van der Waals surface area (Å²) in [5.41, 5.74) is 6.59.